The number of hydrogen-bond donors (Lipinski definition) is 1. The number of hydrogen-bond acceptors (Lipinski definition) is 3. The third kappa shape index (κ3) is 2.36. The molecule has 4 aliphatic rings. The molecule has 3 aliphatic carbocycles. The fraction of sp³-hybridized carbons (Fsp3) is 0.222. The van der Waals surface area contributed by atoms with Gasteiger partial charge in [0.15, 0.2) is 0 Å². The molecule has 5 heteroatoms. The Labute approximate surface area is 186 Å². The van der Waals surface area contributed by atoms with Gasteiger partial charge in [-0.2, -0.15) is 0 Å². The lowest BCUT2D eigenvalue weighted by molar-refractivity contribution is -0.126. The summed E-state index contributed by atoms with van der Waals surface area (Å²) in [6, 6.07) is 21.8. The van der Waals surface area contributed by atoms with Crippen molar-refractivity contribution in [2.45, 2.75) is 25.2 Å². The van der Waals surface area contributed by atoms with Crippen molar-refractivity contribution in [1.29, 1.82) is 0 Å². The molecule has 1 aliphatic heterocycles. The number of fused-ring (bicyclic) bond motifs is 2. The van der Waals surface area contributed by atoms with Gasteiger partial charge in [-0.3, -0.25) is 19.3 Å². The summed E-state index contributed by atoms with van der Waals surface area (Å²) in [5, 5.41) is 3.06. The predicted octanol–water partition coefficient (Wildman–Crippen LogP) is 4.54. The Balaban J connectivity index is 1.39. The summed E-state index contributed by atoms with van der Waals surface area (Å²) in [7, 11) is 1.47. The second-order valence-corrected chi connectivity index (χ2v) is 9.25. The normalized spacial score (nSPS) is 24.8. The number of nitrogens with one attached hydrogen (secondary N) is 1. The van der Waals surface area contributed by atoms with Gasteiger partial charge >= 0.3 is 0 Å². The van der Waals surface area contributed by atoms with E-state index >= 15 is 0 Å². The van der Waals surface area contributed by atoms with Crippen molar-refractivity contribution < 1.29 is 14.4 Å². The molecule has 1 N–H and O–H groups in total. The minimum Gasteiger partial charge on any atom is -0.326 e. The zero-order chi connectivity index (χ0) is 22.2. The number of amides is 3. The standard InChI is InChI=1S/C27H22N2O3/c1-27(26(32)28-15-11-12-20-21(13-15)25(31)29(2)24(20)30)14-22-16-7-3-5-9-18(16)23(27)19-10-6-4-8-17(19)22/h3-13,22-23H,14H2,1-2H3,(H,28,32). The van der Waals surface area contributed by atoms with Crippen LogP contribution in [0.2, 0.25) is 0 Å². The van der Waals surface area contributed by atoms with Gasteiger partial charge in [0.25, 0.3) is 11.8 Å². The second-order valence-electron chi connectivity index (χ2n) is 9.25. The number of imide groups is 1. The summed E-state index contributed by atoms with van der Waals surface area (Å²) in [5.41, 5.74) is 5.67. The quantitative estimate of drug-likeness (QED) is 0.617. The molecule has 5 nitrogen and oxygen atoms in total. The second kappa shape index (κ2) is 6.39. The first-order chi connectivity index (χ1) is 15.4. The maximum atomic E-state index is 13.7. The monoisotopic (exact) mass is 422 g/mol. The van der Waals surface area contributed by atoms with Crippen molar-refractivity contribution in [3.05, 3.63) is 100 Å². The van der Waals surface area contributed by atoms with Crippen LogP contribution in [0, 0.1) is 5.41 Å². The van der Waals surface area contributed by atoms with E-state index in [1.165, 1.54) is 29.3 Å². The van der Waals surface area contributed by atoms with Crippen LogP contribution < -0.4 is 5.32 Å². The van der Waals surface area contributed by atoms with Gasteiger partial charge in [-0.1, -0.05) is 48.5 Å². The smallest absolute Gasteiger partial charge is 0.261 e. The third-order valence-corrected chi connectivity index (χ3v) is 7.50. The molecule has 3 aromatic carbocycles. The Morgan fingerprint density at radius 2 is 1.44 bits per heavy atom. The topological polar surface area (TPSA) is 66.5 Å². The van der Waals surface area contributed by atoms with E-state index in [-0.39, 0.29) is 29.6 Å². The van der Waals surface area contributed by atoms with Crippen molar-refractivity contribution in [3.8, 4) is 0 Å². The molecule has 1 unspecified atom stereocenters. The molecule has 3 amide bonds. The molecule has 32 heavy (non-hydrogen) atoms. The van der Waals surface area contributed by atoms with Gasteiger partial charge < -0.3 is 5.32 Å². The lowest BCUT2D eigenvalue weighted by Crippen LogP contribution is -2.47. The number of anilines is 1. The fourth-order valence-corrected chi connectivity index (χ4v) is 5.90. The minimum absolute atomic E-state index is 0.0383. The number of nitrogens with zero attached hydrogens (tertiary/aromatic N) is 1. The molecule has 7 rings (SSSR count). The molecule has 158 valence electrons. The van der Waals surface area contributed by atoms with Crippen molar-refractivity contribution in [2.24, 2.45) is 5.41 Å². The molecular weight excluding hydrogens is 400 g/mol. The number of carbonyl (C=O) groups is 3. The molecule has 0 spiro atoms. The first kappa shape index (κ1) is 19.0. The average Bonchev–Trinajstić information content (AvgIpc) is 3.03. The lowest BCUT2D eigenvalue weighted by atomic mass is 9.52. The average molecular weight is 422 g/mol. The summed E-state index contributed by atoms with van der Waals surface area (Å²) < 4.78 is 0. The highest BCUT2D eigenvalue weighted by Gasteiger charge is 2.53. The van der Waals surface area contributed by atoms with Crippen molar-refractivity contribution in [2.75, 3.05) is 12.4 Å². The molecule has 0 saturated heterocycles. The Morgan fingerprint density at radius 3 is 2.06 bits per heavy atom. The van der Waals surface area contributed by atoms with E-state index in [2.05, 4.69) is 41.7 Å². The minimum atomic E-state index is -0.636. The highest BCUT2D eigenvalue weighted by molar-refractivity contribution is 6.21. The van der Waals surface area contributed by atoms with Crippen LogP contribution in [0.4, 0.5) is 5.69 Å². The summed E-state index contributed by atoms with van der Waals surface area (Å²) in [6.07, 6.45) is 0.725. The lowest BCUT2D eigenvalue weighted by Gasteiger charge is -2.50. The third-order valence-electron chi connectivity index (χ3n) is 7.50. The molecule has 1 atom stereocenters. The van der Waals surface area contributed by atoms with Crippen LogP contribution >= 0.6 is 0 Å². The van der Waals surface area contributed by atoms with Crippen LogP contribution in [0.3, 0.4) is 0 Å². The first-order valence-electron chi connectivity index (χ1n) is 10.9. The number of benzene rings is 3. The van der Waals surface area contributed by atoms with E-state index in [0.29, 0.717) is 16.8 Å². The predicted molar refractivity (Wildman–Crippen MR) is 121 cm³/mol. The molecule has 0 saturated carbocycles. The van der Waals surface area contributed by atoms with E-state index in [0.717, 1.165) is 11.3 Å². The first-order valence-corrected chi connectivity index (χ1v) is 10.9. The van der Waals surface area contributed by atoms with Crippen LogP contribution in [-0.2, 0) is 4.79 Å². The zero-order valence-corrected chi connectivity index (χ0v) is 17.9. The molecule has 0 radical (unpaired) electrons. The van der Waals surface area contributed by atoms with Gasteiger partial charge in [-0.15, -0.1) is 0 Å². The van der Waals surface area contributed by atoms with E-state index < -0.39 is 5.41 Å². The van der Waals surface area contributed by atoms with Gasteiger partial charge in [-0.25, -0.2) is 0 Å². The highest BCUT2D eigenvalue weighted by atomic mass is 16.2. The van der Waals surface area contributed by atoms with Crippen LogP contribution in [0.25, 0.3) is 0 Å². The maximum Gasteiger partial charge on any atom is 0.261 e. The SMILES string of the molecule is CN1C(=O)c2ccc(NC(=O)C3(C)CC4c5ccccc5C3c3ccccc34)cc2C1=O. The van der Waals surface area contributed by atoms with Gasteiger partial charge in [-0.05, 0) is 53.8 Å². The van der Waals surface area contributed by atoms with Crippen LogP contribution in [0.1, 0.15) is 68.2 Å². The van der Waals surface area contributed by atoms with Gasteiger partial charge in [0.2, 0.25) is 5.91 Å². The molecule has 0 fully saturated rings. The summed E-state index contributed by atoms with van der Waals surface area (Å²) in [4.78, 5) is 39.4. The summed E-state index contributed by atoms with van der Waals surface area (Å²) >= 11 is 0. The van der Waals surface area contributed by atoms with E-state index in [9.17, 15) is 14.4 Å². The molecule has 3 aromatic rings. The van der Waals surface area contributed by atoms with Crippen molar-refractivity contribution in [1.82, 2.24) is 4.90 Å². The van der Waals surface area contributed by atoms with Gasteiger partial charge in [0, 0.05) is 24.6 Å². The highest BCUT2D eigenvalue weighted by Crippen LogP contribution is 2.61. The molecule has 0 aromatic heterocycles. The zero-order valence-electron chi connectivity index (χ0n) is 17.9. The Kier molecular flexibility index (Phi) is 3.79. The van der Waals surface area contributed by atoms with Gasteiger partial charge in [0.1, 0.15) is 0 Å². The van der Waals surface area contributed by atoms with E-state index in [1.54, 1.807) is 18.2 Å². The van der Waals surface area contributed by atoms with E-state index in [4.69, 9.17) is 0 Å². The van der Waals surface area contributed by atoms with Crippen molar-refractivity contribution >= 4 is 23.4 Å². The number of carbonyl (C=O) groups excluding carboxylic acids is 3. The fourth-order valence-electron chi connectivity index (χ4n) is 5.90. The molecular formula is C27H22N2O3. The number of rotatable bonds is 2. The largest absolute Gasteiger partial charge is 0.326 e. The van der Waals surface area contributed by atoms with Gasteiger partial charge in [0.05, 0.1) is 16.5 Å². The van der Waals surface area contributed by atoms with Crippen LogP contribution in [0.15, 0.2) is 66.7 Å². The summed E-state index contributed by atoms with van der Waals surface area (Å²) in [6.45, 7) is 2.04. The Bertz CT molecular complexity index is 1300. The Morgan fingerprint density at radius 1 is 0.875 bits per heavy atom. The van der Waals surface area contributed by atoms with Crippen LogP contribution in [-0.4, -0.2) is 29.7 Å². The molecule has 1 heterocycles. The maximum absolute atomic E-state index is 13.7. The summed E-state index contributed by atoms with van der Waals surface area (Å²) in [5.74, 6) is -0.583. The Hall–Kier alpha value is -3.73. The van der Waals surface area contributed by atoms with E-state index in [1.807, 2.05) is 19.1 Å². The van der Waals surface area contributed by atoms with Crippen molar-refractivity contribution in [3.63, 3.8) is 0 Å². The van der Waals surface area contributed by atoms with Crippen LogP contribution in [0.5, 0.6) is 0 Å². The molecule has 2 bridgehead atoms.